The van der Waals surface area contributed by atoms with Gasteiger partial charge in [-0.05, 0) is 48.7 Å². The minimum atomic E-state index is -2.13. The van der Waals surface area contributed by atoms with E-state index in [1.54, 1.807) is 0 Å². The molecule has 18 heavy (non-hydrogen) atoms. The first kappa shape index (κ1) is 14.8. The number of hydrogen-bond acceptors (Lipinski definition) is 3. The van der Waals surface area contributed by atoms with Crippen LogP contribution < -0.4 is 0 Å². The topological polar surface area (TPSA) is 49.7 Å². The van der Waals surface area contributed by atoms with Gasteiger partial charge < -0.3 is 4.80 Å². The van der Waals surface area contributed by atoms with E-state index in [1.165, 1.54) is 11.6 Å². The summed E-state index contributed by atoms with van der Waals surface area (Å²) in [5, 5.41) is -0.00732. The SMILES string of the molecule is CC(C)(CCc1ccc(N=C=O)cc1)[Si](C)(C)O. The van der Waals surface area contributed by atoms with Crippen LogP contribution in [0.5, 0.6) is 0 Å². The maximum Gasteiger partial charge on any atom is 0.240 e. The number of nitrogens with zero attached hydrogens (tertiary/aromatic N) is 1. The molecule has 0 radical (unpaired) electrons. The standard InChI is InChI=1S/C14H21NO2Si/c1-14(2,18(3,4)17)10-9-12-5-7-13(8-6-12)15-11-16/h5-8,17H,9-10H2,1-4H3. The zero-order valence-electron chi connectivity index (χ0n) is 11.5. The van der Waals surface area contributed by atoms with E-state index in [1.807, 2.05) is 37.4 Å². The molecule has 1 N–H and O–H groups in total. The zero-order valence-corrected chi connectivity index (χ0v) is 12.5. The van der Waals surface area contributed by atoms with Crippen molar-refractivity contribution in [1.29, 1.82) is 0 Å². The van der Waals surface area contributed by atoms with Gasteiger partial charge in [-0.1, -0.05) is 26.0 Å². The Morgan fingerprint density at radius 3 is 2.28 bits per heavy atom. The highest BCUT2D eigenvalue weighted by Gasteiger charge is 2.37. The summed E-state index contributed by atoms with van der Waals surface area (Å²) < 4.78 is 0. The van der Waals surface area contributed by atoms with Gasteiger partial charge in [0.25, 0.3) is 0 Å². The van der Waals surface area contributed by atoms with Crippen LogP contribution in [-0.4, -0.2) is 19.2 Å². The molecule has 1 aromatic rings. The summed E-state index contributed by atoms with van der Waals surface area (Å²) in [7, 11) is -2.13. The molecule has 0 unspecified atom stereocenters. The van der Waals surface area contributed by atoms with E-state index in [4.69, 9.17) is 0 Å². The van der Waals surface area contributed by atoms with Crippen LogP contribution >= 0.6 is 0 Å². The third-order valence-corrected chi connectivity index (χ3v) is 7.37. The van der Waals surface area contributed by atoms with Gasteiger partial charge >= 0.3 is 0 Å². The highest BCUT2D eigenvalue weighted by Crippen LogP contribution is 2.39. The van der Waals surface area contributed by atoms with E-state index in [0.717, 1.165) is 12.8 Å². The predicted molar refractivity (Wildman–Crippen MR) is 76.3 cm³/mol. The molecule has 0 aliphatic carbocycles. The molecule has 0 spiro atoms. The average molecular weight is 263 g/mol. The zero-order chi connectivity index (χ0) is 13.8. The molecule has 4 heteroatoms. The van der Waals surface area contributed by atoms with Gasteiger partial charge in [0.2, 0.25) is 6.08 Å². The number of rotatable bonds is 5. The van der Waals surface area contributed by atoms with Gasteiger partial charge in [0.05, 0.1) is 5.69 Å². The molecule has 3 nitrogen and oxygen atoms in total. The number of carbonyl (C=O) groups excluding carboxylic acids is 1. The van der Waals surface area contributed by atoms with Crippen LogP contribution in [0, 0.1) is 0 Å². The lowest BCUT2D eigenvalue weighted by Gasteiger charge is -2.35. The van der Waals surface area contributed by atoms with Crippen LogP contribution in [0.3, 0.4) is 0 Å². The number of isocyanates is 1. The Hall–Kier alpha value is -1.22. The summed E-state index contributed by atoms with van der Waals surface area (Å²) in [6, 6.07) is 7.57. The Morgan fingerprint density at radius 1 is 1.28 bits per heavy atom. The fraction of sp³-hybridized carbons (Fsp3) is 0.500. The molecular weight excluding hydrogens is 242 g/mol. The molecule has 0 aliphatic heterocycles. The van der Waals surface area contributed by atoms with Crippen molar-refractivity contribution in [2.75, 3.05) is 0 Å². The van der Waals surface area contributed by atoms with Crippen molar-refractivity contribution >= 4 is 20.1 Å². The molecule has 0 aromatic heterocycles. The molecular formula is C14H21NO2Si. The fourth-order valence-corrected chi connectivity index (χ4v) is 2.29. The molecule has 0 aliphatic rings. The molecule has 0 atom stereocenters. The van der Waals surface area contributed by atoms with E-state index >= 15 is 0 Å². The number of aryl methyl sites for hydroxylation is 1. The van der Waals surface area contributed by atoms with Crippen LogP contribution in [0.15, 0.2) is 29.3 Å². The molecule has 0 saturated heterocycles. The van der Waals surface area contributed by atoms with Gasteiger partial charge in [0, 0.05) is 0 Å². The van der Waals surface area contributed by atoms with Crippen LogP contribution in [-0.2, 0) is 11.2 Å². The summed E-state index contributed by atoms with van der Waals surface area (Å²) in [4.78, 5) is 23.9. The lowest BCUT2D eigenvalue weighted by Crippen LogP contribution is -2.39. The largest absolute Gasteiger partial charge is 0.432 e. The van der Waals surface area contributed by atoms with Crippen molar-refractivity contribution < 1.29 is 9.59 Å². The van der Waals surface area contributed by atoms with Crippen LogP contribution in [0.2, 0.25) is 18.1 Å². The van der Waals surface area contributed by atoms with Crippen molar-refractivity contribution in [3.05, 3.63) is 29.8 Å². The Labute approximate surface area is 110 Å². The van der Waals surface area contributed by atoms with E-state index in [-0.39, 0.29) is 5.04 Å². The van der Waals surface area contributed by atoms with Gasteiger partial charge in [-0.2, -0.15) is 4.99 Å². The van der Waals surface area contributed by atoms with Crippen molar-refractivity contribution in [3.8, 4) is 0 Å². The molecule has 0 bridgehead atoms. The van der Waals surface area contributed by atoms with Crippen molar-refractivity contribution in [3.63, 3.8) is 0 Å². The fourth-order valence-electron chi connectivity index (χ4n) is 1.55. The van der Waals surface area contributed by atoms with Crippen LogP contribution in [0.25, 0.3) is 0 Å². The van der Waals surface area contributed by atoms with E-state index in [2.05, 4.69) is 18.8 Å². The lowest BCUT2D eigenvalue weighted by molar-refractivity contribution is 0.451. The van der Waals surface area contributed by atoms with Crippen LogP contribution in [0.1, 0.15) is 25.8 Å². The second-order valence-corrected chi connectivity index (χ2v) is 10.3. The van der Waals surface area contributed by atoms with Gasteiger partial charge in [-0.25, -0.2) is 4.79 Å². The first-order chi connectivity index (χ1) is 8.26. The molecule has 0 amide bonds. The monoisotopic (exact) mass is 263 g/mol. The first-order valence-electron chi connectivity index (χ1n) is 6.15. The normalized spacial score (nSPS) is 12.1. The molecule has 0 heterocycles. The maximum atomic E-state index is 10.2. The van der Waals surface area contributed by atoms with Gasteiger partial charge in [0.1, 0.15) is 0 Å². The molecule has 98 valence electrons. The number of benzene rings is 1. The van der Waals surface area contributed by atoms with Crippen molar-refractivity contribution in [2.45, 2.75) is 44.8 Å². The summed E-state index contributed by atoms with van der Waals surface area (Å²) in [5.41, 5.74) is 1.83. The van der Waals surface area contributed by atoms with E-state index < -0.39 is 8.32 Å². The summed E-state index contributed by atoms with van der Waals surface area (Å²) in [5.74, 6) is 0. The maximum absolute atomic E-state index is 10.2. The smallest absolute Gasteiger partial charge is 0.240 e. The van der Waals surface area contributed by atoms with Crippen molar-refractivity contribution in [1.82, 2.24) is 0 Å². The molecule has 1 rings (SSSR count). The minimum Gasteiger partial charge on any atom is -0.432 e. The minimum absolute atomic E-state index is 0.00732. The highest BCUT2D eigenvalue weighted by molar-refractivity contribution is 6.72. The summed E-state index contributed by atoms with van der Waals surface area (Å²) in [6.45, 7) is 8.22. The van der Waals surface area contributed by atoms with Gasteiger partial charge in [-0.15, -0.1) is 0 Å². The third kappa shape index (κ3) is 3.91. The quantitative estimate of drug-likeness (QED) is 0.501. The summed E-state index contributed by atoms with van der Waals surface area (Å²) >= 11 is 0. The Bertz CT molecular complexity index is 440. The third-order valence-electron chi connectivity index (χ3n) is 3.81. The second-order valence-electron chi connectivity index (χ2n) is 5.81. The lowest BCUT2D eigenvalue weighted by atomic mass is 10.0. The molecule has 0 saturated carbocycles. The van der Waals surface area contributed by atoms with Gasteiger partial charge in [-0.3, -0.25) is 0 Å². The Morgan fingerprint density at radius 2 is 1.83 bits per heavy atom. The van der Waals surface area contributed by atoms with E-state index in [0.29, 0.717) is 5.69 Å². The highest BCUT2D eigenvalue weighted by atomic mass is 28.4. The molecule has 1 aromatic carbocycles. The first-order valence-corrected chi connectivity index (χ1v) is 9.10. The molecule has 0 fully saturated rings. The number of hydrogen-bond donors (Lipinski definition) is 1. The Kier molecular flexibility index (Phi) is 4.63. The van der Waals surface area contributed by atoms with Gasteiger partial charge in [0.15, 0.2) is 8.32 Å². The average Bonchev–Trinajstić information content (AvgIpc) is 2.27. The Balaban J connectivity index is 2.67. The summed E-state index contributed by atoms with van der Waals surface area (Å²) in [6.07, 6.45) is 3.41. The second kappa shape index (κ2) is 5.61. The number of aliphatic imine (C=N–C) groups is 1. The van der Waals surface area contributed by atoms with Crippen molar-refractivity contribution in [2.24, 2.45) is 4.99 Å². The van der Waals surface area contributed by atoms with E-state index in [9.17, 15) is 9.59 Å². The van der Waals surface area contributed by atoms with Crippen LogP contribution in [0.4, 0.5) is 5.69 Å². The predicted octanol–water partition coefficient (Wildman–Crippen LogP) is 3.56.